The highest BCUT2D eigenvalue weighted by Gasteiger charge is 2.35. The number of carbonyl (C=O) groups is 2. The van der Waals surface area contributed by atoms with Gasteiger partial charge in [0.25, 0.3) is 0 Å². The van der Waals surface area contributed by atoms with E-state index in [0.717, 1.165) is 25.7 Å². The van der Waals surface area contributed by atoms with Crippen LogP contribution in [0, 0.1) is 11.7 Å². The van der Waals surface area contributed by atoms with E-state index in [9.17, 15) is 14.0 Å². The number of hydrogen-bond acceptors (Lipinski definition) is 2. The molecule has 1 atom stereocenters. The molecule has 0 radical (unpaired) electrons. The van der Waals surface area contributed by atoms with Gasteiger partial charge in [0.2, 0.25) is 11.8 Å². The Bertz CT molecular complexity index is 552. The largest absolute Gasteiger partial charge is 0.353 e. The van der Waals surface area contributed by atoms with Crippen molar-refractivity contribution in [3.05, 3.63) is 30.1 Å². The number of hydrogen-bond donors (Lipinski definition) is 1. The van der Waals surface area contributed by atoms with Crippen molar-refractivity contribution < 1.29 is 14.0 Å². The van der Waals surface area contributed by atoms with Gasteiger partial charge in [0.05, 0.1) is 5.92 Å². The van der Waals surface area contributed by atoms with Crippen LogP contribution < -0.4 is 10.2 Å². The van der Waals surface area contributed by atoms with Crippen molar-refractivity contribution in [1.82, 2.24) is 5.32 Å². The summed E-state index contributed by atoms with van der Waals surface area (Å²) in [6.45, 7) is 0.378. The number of amides is 2. The third-order valence-corrected chi connectivity index (χ3v) is 4.59. The maximum absolute atomic E-state index is 13.0. The van der Waals surface area contributed by atoms with Crippen LogP contribution in [0.5, 0.6) is 0 Å². The minimum Gasteiger partial charge on any atom is -0.353 e. The van der Waals surface area contributed by atoms with Crippen LogP contribution in [0.15, 0.2) is 24.3 Å². The van der Waals surface area contributed by atoms with Gasteiger partial charge in [-0.3, -0.25) is 9.59 Å². The second kappa shape index (κ2) is 6.46. The highest BCUT2D eigenvalue weighted by molar-refractivity contribution is 6.00. The van der Waals surface area contributed by atoms with Crippen LogP contribution >= 0.6 is 0 Å². The quantitative estimate of drug-likeness (QED) is 0.933. The Morgan fingerprint density at radius 2 is 1.82 bits per heavy atom. The van der Waals surface area contributed by atoms with E-state index in [2.05, 4.69) is 5.32 Å². The molecule has 1 aliphatic heterocycles. The average molecular weight is 304 g/mol. The number of halogens is 1. The predicted octanol–water partition coefficient (Wildman–Crippen LogP) is 2.63. The molecule has 1 aromatic carbocycles. The van der Waals surface area contributed by atoms with Gasteiger partial charge in [0.1, 0.15) is 5.82 Å². The fourth-order valence-electron chi connectivity index (χ4n) is 3.32. The van der Waals surface area contributed by atoms with E-state index in [0.29, 0.717) is 12.2 Å². The molecule has 2 amide bonds. The van der Waals surface area contributed by atoms with E-state index < -0.39 is 0 Å². The lowest BCUT2D eigenvalue weighted by molar-refractivity contribution is -0.127. The molecule has 0 unspecified atom stereocenters. The molecule has 1 aliphatic carbocycles. The molecule has 3 rings (SSSR count). The zero-order chi connectivity index (χ0) is 15.5. The third kappa shape index (κ3) is 3.29. The lowest BCUT2D eigenvalue weighted by Gasteiger charge is -2.24. The van der Waals surface area contributed by atoms with E-state index in [1.807, 2.05) is 0 Å². The number of nitrogens with zero attached hydrogens (tertiary/aromatic N) is 1. The van der Waals surface area contributed by atoms with Crippen molar-refractivity contribution >= 4 is 17.5 Å². The Labute approximate surface area is 129 Å². The van der Waals surface area contributed by atoms with Gasteiger partial charge in [0.15, 0.2) is 0 Å². The zero-order valence-electron chi connectivity index (χ0n) is 12.6. The Hall–Kier alpha value is -1.91. The van der Waals surface area contributed by atoms with E-state index in [1.165, 1.54) is 18.6 Å². The predicted molar refractivity (Wildman–Crippen MR) is 81.9 cm³/mol. The summed E-state index contributed by atoms with van der Waals surface area (Å²) in [7, 11) is 0. The minimum atomic E-state index is -0.331. The van der Waals surface area contributed by atoms with Crippen molar-refractivity contribution in [3.63, 3.8) is 0 Å². The van der Waals surface area contributed by atoms with Crippen LogP contribution in [0.2, 0.25) is 0 Å². The Kier molecular flexibility index (Phi) is 4.41. The van der Waals surface area contributed by atoms with Crippen molar-refractivity contribution in [2.45, 2.75) is 44.6 Å². The van der Waals surface area contributed by atoms with Gasteiger partial charge in [-0.1, -0.05) is 19.3 Å². The smallest absolute Gasteiger partial charge is 0.227 e. The molecule has 0 spiro atoms. The summed E-state index contributed by atoms with van der Waals surface area (Å²) < 4.78 is 13.0. The maximum Gasteiger partial charge on any atom is 0.227 e. The standard InChI is InChI=1S/C17H21FN2O2/c18-13-6-8-15(9-7-13)20-11-12(10-16(20)21)17(22)19-14-4-2-1-3-5-14/h6-9,12,14H,1-5,10-11H2,(H,19,22)/t12-/m1/s1. The normalized spacial score (nSPS) is 22.9. The molecule has 2 fully saturated rings. The lowest BCUT2D eigenvalue weighted by atomic mass is 9.95. The zero-order valence-corrected chi connectivity index (χ0v) is 12.6. The summed E-state index contributed by atoms with van der Waals surface area (Å²) in [5.74, 6) is -0.735. The van der Waals surface area contributed by atoms with Crippen LogP contribution in [0.1, 0.15) is 38.5 Å². The van der Waals surface area contributed by atoms with Crippen LogP contribution in [-0.4, -0.2) is 24.4 Å². The Morgan fingerprint density at radius 1 is 1.14 bits per heavy atom. The van der Waals surface area contributed by atoms with Crippen molar-refractivity contribution in [2.75, 3.05) is 11.4 Å². The molecule has 1 heterocycles. The number of rotatable bonds is 3. The Morgan fingerprint density at radius 3 is 2.50 bits per heavy atom. The number of carbonyl (C=O) groups excluding carboxylic acids is 2. The van der Waals surface area contributed by atoms with E-state index >= 15 is 0 Å². The van der Waals surface area contributed by atoms with Gasteiger partial charge in [-0.15, -0.1) is 0 Å². The first-order valence-corrected chi connectivity index (χ1v) is 8.00. The second-order valence-corrected chi connectivity index (χ2v) is 6.23. The first kappa shape index (κ1) is 15.0. The molecule has 2 aliphatic rings. The molecule has 22 heavy (non-hydrogen) atoms. The summed E-state index contributed by atoms with van der Waals surface area (Å²) in [5.41, 5.74) is 0.652. The van der Waals surface area contributed by atoms with Crippen molar-refractivity contribution in [1.29, 1.82) is 0 Å². The van der Waals surface area contributed by atoms with Crippen LogP contribution in [0.3, 0.4) is 0 Å². The van der Waals surface area contributed by atoms with Gasteiger partial charge in [-0.05, 0) is 37.1 Å². The highest BCUT2D eigenvalue weighted by Crippen LogP contribution is 2.26. The van der Waals surface area contributed by atoms with E-state index in [-0.39, 0.29) is 36.0 Å². The number of nitrogens with one attached hydrogen (secondary N) is 1. The molecule has 1 saturated carbocycles. The van der Waals surface area contributed by atoms with E-state index in [1.54, 1.807) is 17.0 Å². The van der Waals surface area contributed by atoms with Crippen molar-refractivity contribution in [2.24, 2.45) is 5.92 Å². The van der Waals surface area contributed by atoms with Gasteiger partial charge in [-0.2, -0.15) is 0 Å². The number of benzene rings is 1. The Balaban J connectivity index is 1.61. The van der Waals surface area contributed by atoms with Crippen LogP contribution in [0.25, 0.3) is 0 Å². The average Bonchev–Trinajstić information content (AvgIpc) is 2.91. The van der Waals surface area contributed by atoms with Gasteiger partial charge in [0, 0.05) is 24.7 Å². The molecule has 118 valence electrons. The fourth-order valence-corrected chi connectivity index (χ4v) is 3.32. The first-order chi connectivity index (χ1) is 10.6. The monoisotopic (exact) mass is 304 g/mol. The molecule has 0 aromatic heterocycles. The van der Waals surface area contributed by atoms with Gasteiger partial charge in [-0.25, -0.2) is 4.39 Å². The topological polar surface area (TPSA) is 49.4 Å². The lowest BCUT2D eigenvalue weighted by Crippen LogP contribution is -2.40. The van der Waals surface area contributed by atoms with Crippen LogP contribution in [-0.2, 0) is 9.59 Å². The molecule has 5 heteroatoms. The van der Waals surface area contributed by atoms with Crippen LogP contribution in [0.4, 0.5) is 10.1 Å². The molecule has 1 aromatic rings. The second-order valence-electron chi connectivity index (χ2n) is 6.23. The molecular weight excluding hydrogens is 283 g/mol. The summed E-state index contributed by atoms with van der Waals surface area (Å²) in [6.07, 6.45) is 5.87. The SMILES string of the molecule is O=C(NC1CCCCC1)[C@@H]1CC(=O)N(c2ccc(F)cc2)C1. The third-order valence-electron chi connectivity index (χ3n) is 4.59. The molecular formula is C17H21FN2O2. The summed E-state index contributed by atoms with van der Waals surface area (Å²) in [6, 6.07) is 6.08. The minimum absolute atomic E-state index is 0.0233. The first-order valence-electron chi connectivity index (χ1n) is 8.00. The molecule has 1 N–H and O–H groups in total. The molecule has 4 nitrogen and oxygen atoms in total. The fraction of sp³-hybridized carbons (Fsp3) is 0.529. The summed E-state index contributed by atoms with van der Waals surface area (Å²) >= 11 is 0. The summed E-state index contributed by atoms with van der Waals surface area (Å²) in [5, 5.41) is 3.08. The van der Waals surface area contributed by atoms with Gasteiger partial charge >= 0.3 is 0 Å². The summed E-state index contributed by atoms with van der Waals surface area (Å²) in [4.78, 5) is 26.0. The number of anilines is 1. The van der Waals surface area contributed by atoms with Crippen molar-refractivity contribution in [3.8, 4) is 0 Å². The molecule has 1 saturated heterocycles. The van der Waals surface area contributed by atoms with E-state index in [4.69, 9.17) is 0 Å². The highest BCUT2D eigenvalue weighted by atomic mass is 19.1. The van der Waals surface area contributed by atoms with Gasteiger partial charge < -0.3 is 10.2 Å². The maximum atomic E-state index is 13.0. The molecule has 0 bridgehead atoms.